The number of carbonyl (C=O) groups excluding carboxylic acids is 2. The number of para-hydroxylation sites is 1. The van der Waals surface area contributed by atoms with E-state index in [-0.39, 0.29) is 12.3 Å². The highest BCUT2D eigenvalue weighted by Crippen LogP contribution is 2.28. The molecule has 2 heterocycles. The summed E-state index contributed by atoms with van der Waals surface area (Å²) in [7, 11) is 1.31. The Morgan fingerprint density at radius 3 is 2.64 bits per heavy atom. The van der Waals surface area contributed by atoms with Gasteiger partial charge in [0.2, 0.25) is 0 Å². The molecule has 7 heteroatoms. The zero-order valence-electron chi connectivity index (χ0n) is 13.7. The molecule has 1 saturated heterocycles. The molecule has 0 saturated carbocycles. The first-order valence-corrected chi connectivity index (χ1v) is 8.18. The number of amides is 1. The first kappa shape index (κ1) is 17.0. The summed E-state index contributed by atoms with van der Waals surface area (Å²) in [6.45, 7) is 0.392. The summed E-state index contributed by atoms with van der Waals surface area (Å²) in [5, 5.41) is 0.369. The number of hydrogen-bond acceptors (Lipinski definition) is 5. The lowest BCUT2D eigenvalue weighted by atomic mass is 10.1. The molecule has 0 aliphatic carbocycles. The van der Waals surface area contributed by atoms with E-state index >= 15 is 0 Å². The van der Waals surface area contributed by atoms with Gasteiger partial charge in [-0.15, -0.1) is 0 Å². The Hall–Kier alpha value is -2.80. The van der Waals surface area contributed by atoms with Crippen LogP contribution in [0.25, 0.3) is 0 Å². The molecule has 0 spiro atoms. The predicted octanol–water partition coefficient (Wildman–Crippen LogP) is 2.15. The molecular weight excluding hydrogens is 338 g/mol. The van der Waals surface area contributed by atoms with Crippen LogP contribution in [0, 0.1) is 0 Å². The normalized spacial score (nSPS) is 17.1. The van der Waals surface area contributed by atoms with E-state index < -0.39 is 12.0 Å². The van der Waals surface area contributed by atoms with Gasteiger partial charge in [-0.2, -0.15) is 0 Å². The van der Waals surface area contributed by atoms with Gasteiger partial charge in [-0.05, 0) is 36.0 Å². The van der Waals surface area contributed by atoms with Crippen molar-refractivity contribution in [1.29, 1.82) is 0 Å². The number of aromatic nitrogens is 1. The molecule has 6 nitrogen and oxygen atoms in total. The Balaban J connectivity index is 1.93. The summed E-state index contributed by atoms with van der Waals surface area (Å²) in [5.41, 5.74) is 1.59. The van der Waals surface area contributed by atoms with E-state index in [2.05, 4.69) is 4.98 Å². The first-order chi connectivity index (χ1) is 12.1. The zero-order chi connectivity index (χ0) is 17.8. The molecule has 3 rings (SSSR count). The number of hydrogen-bond donors (Lipinski definition) is 0. The Bertz CT molecular complexity index is 783. The molecule has 2 aromatic rings. The first-order valence-electron chi connectivity index (χ1n) is 7.77. The summed E-state index contributed by atoms with van der Waals surface area (Å²) >= 11 is 5.54. The summed E-state index contributed by atoms with van der Waals surface area (Å²) < 4.78 is 4.74. The van der Waals surface area contributed by atoms with E-state index in [1.165, 1.54) is 12.0 Å². The Morgan fingerprint density at radius 1 is 1.24 bits per heavy atom. The van der Waals surface area contributed by atoms with Crippen LogP contribution in [-0.4, -0.2) is 40.0 Å². The maximum Gasteiger partial charge on any atom is 0.308 e. The largest absolute Gasteiger partial charge is 0.469 e. The quantitative estimate of drug-likeness (QED) is 0.605. The third-order valence-corrected chi connectivity index (χ3v) is 4.41. The third-order valence-electron chi connectivity index (χ3n) is 4.00. The molecule has 1 aliphatic rings. The van der Waals surface area contributed by atoms with E-state index in [0.717, 1.165) is 5.56 Å². The summed E-state index contributed by atoms with van der Waals surface area (Å²) in [5.74, 6) is -0.683. The Morgan fingerprint density at radius 2 is 2.00 bits per heavy atom. The molecular formula is C18H17N3O3S. The van der Waals surface area contributed by atoms with Crippen molar-refractivity contribution in [3.05, 3.63) is 60.4 Å². The minimum atomic E-state index is -0.694. The number of anilines is 1. The van der Waals surface area contributed by atoms with Gasteiger partial charge in [0, 0.05) is 18.9 Å². The number of carbonyl (C=O) groups is 2. The van der Waals surface area contributed by atoms with Gasteiger partial charge in [0.1, 0.15) is 6.04 Å². The highest BCUT2D eigenvalue weighted by atomic mass is 32.1. The molecule has 0 radical (unpaired) electrons. The van der Waals surface area contributed by atoms with Crippen molar-refractivity contribution in [3.8, 4) is 0 Å². The van der Waals surface area contributed by atoms with Gasteiger partial charge in [-0.1, -0.05) is 24.3 Å². The fourth-order valence-electron chi connectivity index (χ4n) is 2.76. The number of methoxy groups -OCH3 is 1. The second kappa shape index (κ2) is 7.40. The van der Waals surface area contributed by atoms with E-state index in [9.17, 15) is 9.59 Å². The maximum atomic E-state index is 12.9. The molecule has 0 N–H and O–H groups in total. The molecule has 128 valence electrons. The predicted molar refractivity (Wildman–Crippen MR) is 96.7 cm³/mol. The number of pyridine rings is 1. The molecule has 1 aromatic carbocycles. The van der Waals surface area contributed by atoms with Gasteiger partial charge in [0.25, 0.3) is 5.91 Å². The lowest BCUT2D eigenvalue weighted by Crippen LogP contribution is -2.36. The lowest BCUT2D eigenvalue weighted by molar-refractivity contribution is -0.143. The van der Waals surface area contributed by atoms with Crippen LogP contribution in [0.15, 0.2) is 54.9 Å². The van der Waals surface area contributed by atoms with Crippen LogP contribution < -0.4 is 4.90 Å². The standard InChI is InChI=1S/C18H17N3O3S/c1-24-16(22)10-15-17(23)21(14-7-3-2-4-8-14)18(25)20(15)12-13-6-5-9-19-11-13/h2-9,11,15H,10,12H2,1H3. The van der Waals surface area contributed by atoms with Crippen LogP contribution in [0.3, 0.4) is 0 Å². The topological polar surface area (TPSA) is 62.7 Å². The van der Waals surface area contributed by atoms with Gasteiger partial charge >= 0.3 is 5.97 Å². The van der Waals surface area contributed by atoms with Crippen LogP contribution in [0.1, 0.15) is 12.0 Å². The van der Waals surface area contributed by atoms with E-state index in [0.29, 0.717) is 17.3 Å². The van der Waals surface area contributed by atoms with Crippen LogP contribution in [0.5, 0.6) is 0 Å². The van der Waals surface area contributed by atoms with Crippen LogP contribution >= 0.6 is 12.2 Å². The smallest absolute Gasteiger partial charge is 0.308 e. The number of nitrogens with zero attached hydrogens (tertiary/aromatic N) is 3. The minimum absolute atomic E-state index is 0.0565. The second-order valence-corrected chi connectivity index (χ2v) is 5.94. The summed E-state index contributed by atoms with van der Waals surface area (Å²) in [6.07, 6.45) is 3.34. The van der Waals surface area contributed by atoms with E-state index in [1.54, 1.807) is 17.3 Å². The molecule has 1 amide bonds. The lowest BCUT2D eigenvalue weighted by Gasteiger charge is -2.23. The van der Waals surface area contributed by atoms with Crippen LogP contribution in [0.4, 0.5) is 5.69 Å². The van der Waals surface area contributed by atoms with Crippen molar-refractivity contribution in [1.82, 2.24) is 9.88 Å². The Kier molecular flexibility index (Phi) is 5.04. The van der Waals surface area contributed by atoms with Crippen molar-refractivity contribution in [3.63, 3.8) is 0 Å². The SMILES string of the molecule is COC(=O)CC1C(=O)N(c2ccccc2)C(=S)N1Cc1cccnc1. The van der Waals surface area contributed by atoms with Gasteiger partial charge in [-0.25, -0.2) is 0 Å². The fourth-order valence-corrected chi connectivity index (χ4v) is 3.15. The van der Waals surface area contributed by atoms with Gasteiger partial charge < -0.3 is 9.64 Å². The van der Waals surface area contributed by atoms with Crippen molar-refractivity contribution < 1.29 is 14.3 Å². The maximum absolute atomic E-state index is 12.9. The molecule has 25 heavy (non-hydrogen) atoms. The molecule has 1 aromatic heterocycles. The van der Waals surface area contributed by atoms with Crippen LogP contribution in [-0.2, 0) is 20.9 Å². The fraction of sp³-hybridized carbons (Fsp3) is 0.222. The zero-order valence-corrected chi connectivity index (χ0v) is 14.5. The number of rotatable bonds is 5. The summed E-state index contributed by atoms with van der Waals surface area (Å²) in [6, 6.07) is 12.2. The number of benzene rings is 1. The minimum Gasteiger partial charge on any atom is -0.469 e. The highest BCUT2D eigenvalue weighted by molar-refractivity contribution is 7.80. The molecule has 0 bridgehead atoms. The number of esters is 1. The second-order valence-electron chi connectivity index (χ2n) is 5.58. The van der Waals surface area contributed by atoms with Crippen LogP contribution in [0.2, 0.25) is 0 Å². The summed E-state index contributed by atoms with van der Waals surface area (Å²) in [4.78, 5) is 32.0. The van der Waals surface area contributed by atoms with E-state index in [1.807, 2.05) is 42.5 Å². The molecule has 1 unspecified atom stereocenters. The monoisotopic (exact) mass is 355 g/mol. The van der Waals surface area contributed by atoms with Crippen molar-refractivity contribution >= 4 is 34.9 Å². The van der Waals surface area contributed by atoms with E-state index in [4.69, 9.17) is 17.0 Å². The van der Waals surface area contributed by atoms with Gasteiger partial charge in [-0.3, -0.25) is 19.5 Å². The van der Waals surface area contributed by atoms with Crippen molar-refractivity contribution in [2.24, 2.45) is 0 Å². The molecule has 1 fully saturated rings. The molecule has 1 aliphatic heterocycles. The van der Waals surface area contributed by atoms with Crippen molar-refractivity contribution in [2.45, 2.75) is 19.0 Å². The van der Waals surface area contributed by atoms with Crippen molar-refractivity contribution in [2.75, 3.05) is 12.0 Å². The average Bonchev–Trinajstić information content (AvgIpc) is 2.87. The van der Waals surface area contributed by atoms with Gasteiger partial charge in [0.05, 0.1) is 19.2 Å². The Labute approximate surface area is 151 Å². The third kappa shape index (κ3) is 3.51. The van der Waals surface area contributed by atoms with Gasteiger partial charge in [0.15, 0.2) is 5.11 Å². The molecule has 1 atom stereocenters. The number of thiocarbonyl (C=S) groups is 1. The number of ether oxygens (including phenoxy) is 1. The highest BCUT2D eigenvalue weighted by Gasteiger charge is 2.44. The average molecular weight is 355 g/mol.